The summed E-state index contributed by atoms with van der Waals surface area (Å²) in [4.78, 5) is -1.16. The van der Waals surface area contributed by atoms with Gasteiger partial charge in [0.15, 0.2) is 0 Å². The fourth-order valence-electron chi connectivity index (χ4n) is 3.57. The molecule has 2 aromatic rings. The second kappa shape index (κ2) is 6.87. The molecule has 0 spiro atoms. The second-order valence-corrected chi connectivity index (χ2v) is 9.02. The minimum absolute atomic E-state index is 0.233. The molecule has 27 heavy (non-hydrogen) atoms. The average Bonchev–Trinajstić information content (AvgIpc) is 3.36. The molecule has 0 radical (unpaired) electrons. The summed E-state index contributed by atoms with van der Waals surface area (Å²) in [6, 6.07) is 16.6. The Hall–Kier alpha value is -1.99. The number of epoxide rings is 1. The SMILES string of the molecule is C=C[C@@H]1O[C@H](COCc2ccccc2)[C@H]2O[C@@]12S(=O)(=O)c1ccc(C)cc1. The Morgan fingerprint density at radius 1 is 1.15 bits per heavy atom. The van der Waals surface area contributed by atoms with Gasteiger partial charge in [-0.05, 0) is 24.6 Å². The van der Waals surface area contributed by atoms with Crippen molar-refractivity contribution in [3.63, 3.8) is 0 Å². The van der Waals surface area contributed by atoms with Gasteiger partial charge in [-0.15, -0.1) is 6.58 Å². The van der Waals surface area contributed by atoms with Crippen LogP contribution in [0.1, 0.15) is 11.1 Å². The van der Waals surface area contributed by atoms with Crippen molar-refractivity contribution in [3.05, 3.63) is 78.4 Å². The smallest absolute Gasteiger partial charge is 0.232 e. The minimum atomic E-state index is -3.73. The summed E-state index contributed by atoms with van der Waals surface area (Å²) in [7, 11) is -3.73. The molecule has 0 aliphatic carbocycles. The minimum Gasteiger partial charge on any atom is -0.374 e. The molecular formula is C21H22O5S. The number of benzene rings is 2. The van der Waals surface area contributed by atoms with E-state index in [-0.39, 0.29) is 11.5 Å². The molecule has 2 aromatic carbocycles. The lowest BCUT2D eigenvalue weighted by atomic mass is 10.2. The number of ether oxygens (including phenoxy) is 3. The fourth-order valence-corrected chi connectivity index (χ4v) is 5.58. The highest BCUT2D eigenvalue weighted by atomic mass is 32.2. The normalized spacial score (nSPS) is 29.3. The predicted molar refractivity (Wildman–Crippen MR) is 101 cm³/mol. The third-order valence-corrected chi connectivity index (χ3v) is 7.36. The van der Waals surface area contributed by atoms with Crippen LogP contribution in [-0.4, -0.2) is 38.3 Å². The molecule has 2 aliphatic heterocycles. The molecule has 4 rings (SSSR count). The number of aryl methyl sites for hydroxylation is 1. The first-order chi connectivity index (χ1) is 13.0. The molecule has 2 aliphatic rings. The van der Waals surface area contributed by atoms with Crippen LogP contribution in [0.25, 0.3) is 0 Å². The van der Waals surface area contributed by atoms with Crippen LogP contribution < -0.4 is 0 Å². The van der Waals surface area contributed by atoms with Gasteiger partial charge in [0.25, 0.3) is 0 Å². The molecule has 0 saturated carbocycles. The standard InChI is InChI=1S/C21H22O5S/c1-3-19-21(27(22,23)17-11-9-15(2)10-12-17)20(26-21)18(25-19)14-24-13-16-7-5-4-6-8-16/h3-12,18-20H,1,13-14H2,2H3/t18-,19+,20-,21-/m1/s1. The van der Waals surface area contributed by atoms with E-state index in [4.69, 9.17) is 14.2 Å². The van der Waals surface area contributed by atoms with Crippen LogP contribution in [0.3, 0.4) is 0 Å². The highest BCUT2D eigenvalue weighted by Gasteiger charge is 2.78. The second-order valence-electron chi connectivity index (χ2n) is 6.91. The monoisotopic (exact) mass is 386 g/mol. The number of hydrogen-bond donors (Lipinski definition) is 0. The van der Waals surface area contributed by atoms with E-state index < -0.39 is 33.1 Å². The molecule has 4 atom stereocenters. The molecule has 2 fully saturated rings. The van der Waals surface area contributed by atoms with Crippen molar-refractivity contribution in [2.24, 2.45) is 0 Å². The van der Waals surface area contributed by atoms with E-state index in [0.29, 0.717) is 6.61 Å². The van der Waals surface area contributed by atoms with Crippen LogP contribution in [-0.2, 0) is 30.7 Å². The lowest BCUT2D eigenvalue weighted by Crippen LogP contribution is -2.35. The summed E-state index contributed by atoms with van der Waals surface area (Å²) < 4.78 is 43.8. The average molecular weight is 386 g/mol. The highest BCUT2D eigenvalue weighted by Crippen LogP contribution is 2.56. The maximum atomic E-state index is 13.2. The third kappa shape index (κ3) is 3.02. The zero-order chi connectivity index (χ0) is 19.1. The van der Waals surface area contributed by atoms with Gasteiger partial charge < -0.3 is 14.2 Å². The Kier molecular flexibility index (Phi) is 4.68. The Morgan fingerprint density at radius 3 is 2.52 bits per heavy atom. The predicted octanol–water partition coefficient (Wildman–Crippen LogP) is 3.03. The molecule has 6 heteroatoms. The zero-order valence-electron chi connectivity index (χ0n) is 15.1. The van der Waals surface area contributed by atoms with Crippen LogP contribution in [0.5, 0.6) is 0 Å². The maximum absolute atomic E-state index is 13.2. The number of sulfone groups is 1. The van der Waals surface area contributed by atoms with Crippen molar-refractivity contribution in [1.82, 2.24) is 0 Å². The van der Waals surface area contributed by atoms with E-state index in [2.05, 4.69) is 6.58 Å². The van der Waals surface area contributed by atoms with Crippen molar-refractivity contribution in [3.8, 4) is 0 Å². The Morgan fingerprint density at radius 2 is 1.85 bits per heavy atom. The number of hydrogen-bond acceptors (Lipinski definition) is 5. The molecular weight excluding hydrogens is 364 g/mol. The van der Waals surface area contributed by atoms with Crippen LogP contribution in [0.2, 0.25) is 0 Å². The Labute approximate surface area is 159 Å². The first-order valence-electron chi connectivity index (χ1n) is 8.88. The van der Waals surface area contributed by atoms with Gasteiger partial charge in [-0.3, -0.25) is 0 Å². The van der Waals surface area contributed by atoms with E-state index in [0.717, 1.165) is 11.1 Å². The Balaban J connectivity index is 1.49. The van der Waals surface area contributed by atoms with Gasteiger partial charge in [0.05, 0.1) is 18.1 Å². The van der Waals surface area contributed by atoms with Gasteiger partial charge in [-0.25, -0.2) is 8.42 Å². The first kappa shape index (κ1) is 18.4. The molecule has 2 heterocycles. The summed E-state index contributed by atoms with van der Waals surface area (Å²) in [6.07, 6.45) is -0.221. The molecule has 5 nitrogen and oxygen atoms in total. The summed E-state index contributed by atoms with van der Waals surface area (Å²) >= 11 is 0. The third-order valence-electron chi connectivity index (χ3n) is 5.07. The van der Waals surface area contributed by atoms with E-state index in [1.807, 2.05) is 37.3 Å². The Bertz CT molecular complexity index is 923. The first-order valence-corrected chi connectivity index (χ1v) is 10.4. The zero-order valence-corrected chi connectivity index (χ0v) is 15.9. The molecule has 2 saturated heterocycles. The lowest BCUT2D eigenvalue weighted by molar-refractivity contribution is -0.0587. The van der Waals surface area contributed by atoms with E-state index >= 15 is 0 Å². The van der Waals surface area contributed by atoms with Gasteiger partial charge in [0.1, 0.15) is 18.3 Å². The van der Waals surface area contributed by atoms with E-state index in [9.17, 15) is 8.42 Å². The molecule has 0 N–H and O–H groups in total. The lowest BCUT2D eigenvalue weighted by Gasteiger charge is -2.19. The van der Waals surface area contributed by atoms with Gasteiger partial charge >= 0.3 is 0 Å². The molecule has 0 aromatic heterocycles. The summed E-state index contributed by atoms with van der Waals surface area (Å²) in [5.74, 6) is 0. The largest absolute Gasteiger partial charge is 0.374 e. The van der Waals surface area contributed by atoms with Crippen molar-refractivity contribution < 1.29 is 22.6 Å². The van der Waals surface area contributed by atoms with Crippen molar-refractivity contribution in [2.75, 3.05) is 6.61 Å². The summed E-state index contributed by atoms with van der Waals surface area (Å²) in [5.41, 5.74) is 2.04. The maximum Gasteiger partial charge on any atom is 0.232 e. The number of fused-ring (bicyclic) bond motifs is 1. The topological polar surface area (TPSA) is 65.1 Å². The van der Waals surface area contributed by atoms with Gasteiger partial charge in [0.2, 0.25) is 14.8 Å². The summed E-state index contributed by atoms with van der Waals surface area (Å²) in [5, 5.41) is 0. The van der Waals surface area contributed by atoms with Crippen molar-refractivity contribution >= 4 is 9.84 Å². The van der Waals surface area contributed by atoms with Crippen LogP contribution in [0.4, 0.5) is 0 Å². The number of rotatable bonds is 7. The molecule has 0 bridgehead atoms. The summed E-state index contributed by atoms with van der Waals surface area (Å²) in [6.45, 7) is 6.34. The van der Waals surface area contributed by atoms with E-state index in [1.54, 1.807) is 24.3 Å². The fraction of sp³-hybridized carbons (Fsp3) is 0.333. The van der Waals surface area contributed by atoms with Crippen molar-refractivity contribution in [1.29, 1.82) is 0 Å². The van der Waals surface area contributed by atoms with E-state index in [1.165, 1.54) is 6.08 Å². The van der Waals surface area contributed by atoms with Gasteiger partial charge in [0, 0.05) is 0 Å². The molecule has 0 unspecified atom stereocenters. The van der Waals surface area contributed by atoms with Crippen molar-refractivity contribution in [2.45, 2.75) is 41.7 Å². The van der Waals surface area contributed by atoms with Crippen LogP contribution in [0.15, 0.2) is 72.1 Å². The van der Waals surface area contributed by atoms with Gasteiger partial charge in [-0.1, -0.05) is 54.1 Å². The quantitative estimate of drug-likeness (QED) is 0.541. The van der Waals surface area contributed by atoms with Crippen LogP contribution in [0, 0.1) is 6.92 Å². The van der Waals surface area contributed by atoms with Crippen LogP contribution >= 0.6 is 0 Å². The highest BCUT2D eigenvalue weighted by molar-refractivity contribution is 7.93. The molecule has 0 amide bonds. The molecule has 142 valence electrons. The van der Waals surface area contributed by atoms with Gasteiger partial charge in [-0.2, -0.15) is 0 Å².